The van der Waals surface area contributed by atoms with Crippen molar-refractivity contribution in [2.45, 2.75) is 39.9 Å². The number of nitrogens with zero attached hydrogens (tertiary/aromatic N) is 1. The highest BCUT2D eigenvalue weighted by Crippen LogP contribution is 2.24. The number of amides is 1. The summed E-state index contributed by atoms with van der Waals surface area (Å²) in [5, 5.41) is 6.76. The number of fused-ring (bicyclic) bond motifs is 1. The molecule has 0 aromatic heterocycles. The van der Waals surface area contributed by atoms with Gasteiger partial charge >= 0.3 is 5.97 Å². The van der Waals surface area contributed by atoms with E-state index in [1.807, 2.05) is 45.9 Å². The molecular formula is C21H22N2O4. The molecule has 1 amide bonds. The van der Waals surface area contributed by atoms with E-state index in [1.165, 1.54) is 0 Å². The molecule has 0 unspecified atom stereocenters. The molecule has 0 bridgehead atoms. The van der Waals surface area contributed by atoms with E-state index < -0.39 is 5.60 Å². The van der Waals surface area contributed by atoms with Gasteiger partial charge in [0.2, 0.25) is 0 Å². The van der Waals surface area contributed by atoms with E-state index >= 15 is 0 Å². The molecule has 0 saturated carbocycles. The number of hydrogen-bond donors (Lipinski definition) is 1. The van der Waals surface area contributed by atoms with Crippen LogP contribution >= 0.6 is 0 Å². The summed E-state index contributed by atoms with van der Waals surface area (Å²) in [7, 11) is 0. The molecule has 6 nitrogen and oxygen atoms in total. The van der Waals surface area contributed by atoms with Gasteiger partial charge in [-0.05, 0) is 57.5 Å². The van der Waals surface area contributed by atoms with E-state index in [4.69, 9.17) is 9.57 Å². The Morgan fingerprint density at radius 2 is 1.81 bits per heavy atom. The average Bonchev–Trinajstić information content (AvgIpc) is 2.89. The number of ether oxygens (including phenoxy) is 1. The maximum absolute atomic E-state index is 12.0. The van der Waals surface area contributed by atoms with Crippen molar-refractivity contribution in [2.24, 2.45) is 5.16 Å². The topological polar surface area (TPSA) is 77.0 Å². The Hall–Kier alpha value is -3.15. The second-order valence-electron chi connectivity index (χ2n) is 7.42. The van der Waals surface area contributed by atoms with Gasteiger partial charge in [-0.3, -0.25) is 4.79 Å². The zero-order valence-corrected chi connectivity index (χ0v) is 15.8. The van der Waals surface area contributed by atoms with Gasteiger partial charge in [-0.2, -0.15) is 0 Å². The minimum atomic E-state index is -0.536. The molecule has 140 valence electrons. The van der Waals surface area contributed by atoms with Crippen molar-refractivity contribution in [3.8, 4) is 0 Å². The monoisotopic (exact) mass is 366 g/mol. The smallest absolute Gasteiger partial charge is 0.338 e. The number of esters is 1. The number of carbonyl (C=O) groups excluding carboxylic acids is 2. The average molecular weight is 366 g/mol. The summed E-state index contributed by atoms with van der Waals surface area (Å²) in [5.41, 5.74) is 3.53. The zero-order chi connectivity index (χ0) is 19.6. The number of oxime groups is 1. The van der Waals surface area contributed by atoms with E-state index in [2.05, 4.69) is 10.5 Å². The third-order valence-corrected chi connectivity index (χ3v) is 3.87. The second-order valence-corrected chi connectivity index (χ2v) is 7.42. The Morgan fingerprint density at radius 3 is 2.48 bits per heavy atom. The third kappa shape index (κ3) is 4.53. The molecular weight excluding hydrogens is 344 g/mol. The molecule has 6 heteroatoms. The molecule has 27 heavy (non-hydrogen) atoms. The van der Waals surface area contributed by atoms with Gasteiger partial charge in [-0.25, -0.2) is 4.79 Å². The Morgan fingerprint density at radius 1 is 1.11 bits per heavy atom. The second kappa shape index (κ2) is 7.23. The number of benzene rings is 2. The minimum absolute atomic E-state index is 0.187. The van der Waals surface area contributed by atoms with Crippen molar-refractivity contribution in [1.82, 2.24) is 0 Å². The number of aryl methyl sites for hydroxylation is 1. The van der Waals surface area contributed by atoms with Gasteiger partial charge in [0.1, 0.15) is 12.2 Å². The summed E-state index contributed by atoms with van der Waals surface area (Å²) in [5.74, 6) is -0.652. The molecule has 1 N–H and O–H groups in total. The number of nitrogens with one attached hydrogen (secondary N) is 1. The Bertz CT molecular complexity index is 909. The first-order valence-electron chi connectivity index (χ1n) is 8.67. The molecule has 0 radical (unpaired) electrons. The summed E-state index contributed by atoms with van der Waals surface area (Å²) < 4.78 is 5.33. The van der Waals surface area contributed by atoms with Crippen LogP contribution in [0.4, 0.5) is 5.69 Å². The first-order valence-corrected chi connectivity index (χ1v) is 8.67. The molecule has 0 spiro atoms. The van der Waals surface area contributed by atoms with E-state index in [0.29, 0.717) is 5.56 Å². The Balaban J connectivity index is 1.65. The minimum Gasteiger partial charge on any atom is -0.456 e. The first-order chi connectivity index (χ1) is 12.7. The normalized spacial score (nSPS) is 14.7. The lowest BCUT2D eigenvalue weighted by molar-refractivity contribution is -0.110. The van der Waals surface area contributed by atoms with E-state index in [1.54, 1.807) is 24.3 Å². The van der Waals surface area contributed by atoms with E-state index in [0.717, 1.165) is 22.4 Å². The van der Waals surface area contributed by atoms with Gasteiger partial charge < -0.3 is 14.9 Å². The third-order valence-electron chi connectivity index (χ3n) is 3.87. The van der Waals surface area contributed by atoms with Crippen molar-refractivity contribution in [1.29, 1.82) is 0 Å². The van der Waals surface area contributed by atoms with E-state index in [-0.39, 0.29) is 24.2 Å². The Kier molecular flexibility index (Phi) is 4.99. The Labute approximate surface area is 158 Å². The lowest BCUT2D eigenvalue weighted by atomic mass is 10.1. The fourth-order valence-electron chi connectivity index (χ4n) is 2.60. The highest BCUT2D eigenvalue weighted by atomic mass is 16.6. The molecule has 0 saturated heterocycles. The van der Waals surface area contributed by atoms with Crippen molar-refractivity contribution in [3.63, 3.8) is 0 Å². The highest BCUT2D eigenvalue weighted by Gasteiger charge is 2.26. The lowest BCUT2D eigenvalue weighted by Gasteiger charge is -2.19. The summed E-state index contributed by atoms with van der Waals surface area (Å²) in [6, 6.07) is 12.6. The van der Waals surface area contributed by atoms with Gasteiger partial charge in [-0.15, -0.1) is 0 Å². The van der Waals surface area contributed by atoms with Gasteiger partial charge in [0.25, 0.3) is 5.91 Å². The van der Waals surface area contributed by atoms with Crippen LogP contribution in [0.1, 0.15) is 47.8 Å². The first kappa shape index (κ1) is 18.6. The standard InChI is InChI=1S/C21H22N2O4/c1-13-5-10-17-16(11-13)18(19(24)22-17)23-26-12-14-6-8-15(9-7-14)20(25)27-21(2,3)4/h5-11H,12H2,1-4H3,(H,22,23,24). The zero-order valence-electron chi connectivity index (χ0n) is 15.8. The van der Waals surface area contributed by atoms with E-state index in [9.17, 15) is 9.59 Å². The van der Waals surface area contributed by atoms with Crippen LogP contribution in [0, 0.1) is 6.92 Å². The van der Waals surface area contributed by atoms with Crippen molar-refractivity contribution in [2.75, 3.05) is 5.32 Å². The highest BCUT2D eigenvalue weighted by molar-refractivity contribution is 6.53. The van der Waals surface area contributed by atoms with Crippen molar-refractivity contribution in [3.05, 3.63) is 64.7 Å². The van der Waals surface area contributed by atoms with Crippen LogP contribution in [0.5, 0.6) is 0 Å². The fraction of sp³-hybridized carbons (Fsp3) is 0.286. The molecule has 1 heterocycles. The van der Waals surface area contributed by atoms with Crippen LogP contribution in [-0.4, -0.2) is 23.2 Å². The summed E-state index contributed by atoms with van der Waals surface area (Å²) in [6.07, 6.45) is 0. The maximum Gasteiger partial charge on any atom is 0.338 e. The van der Waals surface area contributed by atoms with Crippen LogP contribution in [0.2, 0.25) is 0 Å². The summed E-state index contributed by atoms with van der Waals surface area (Å²) >= 11 is 0. The SMILES string of the molecule is Cc1ccc2c(c1)/C(=N/OCc1ccc(C(=O)OC(C)(C)C)cc1)C(=O)N2. The predicted molar refractivity (Wildman–Crippen MR) is 103 cm³/mol. The van der Waals surface area contributed by atoms with Gasteiger partial charge in [-0.1, -0.05) is 28.9 Å². The van der Waals surface area contributed by atoms with Gasteiger partial charge in [0.05, 0.1) is 11.3 Å². The van der Waals surface area contributed by atoms with Crippen LogP contribution in [0.3, 0.4) is 0 Å². The van der Waals surface area contributed by atoms with Gasteiger partial charge in [0.15, 0.2) is 5.71 Å². The molecule has 1 aliphatic rings. The van der Waals surface area contributed by atoms with Crippen LogP contribution in [0.15, 0.2) is 47.6 Å². The lowest BCUT2D eigenvalue weighted by Crippen LogP contribution is -2.23. The number of hydrogen-bond acceptors (Lipinski definition) is 5. The molecule has 2 aromatic rings. The molecule has 2 aromatic carbocycles. The van der Waals surface area contributed by atoms with Crippen LogP contribution in [-0.2, 0) is 21.0 Å². The molecule has 1 aliphatic heterocycles. The summed E-state index contributed by atoms with van der Waals surface area (Å²) in [4.78, 5) is 29.4. The molecule has 3 rings (SSSR count). The fourth-order valence-corrected chi connectivity index (χ4v) is 2.60. The molecule has 0 fully saturated rings. The van der Waals surface area contributed by atoms with Crippen LogP contribution in [0.25, 0.3) is 0 Å². The largest absolute Gasteiger partial charge is 0.456 e. The van der Waals surface area contributed by atoms with Crippen LogP contribution < -0.4 is 5.32 Å². The molecule has 0 atom stereocenters. The number of rotatable bonds is 4. The predicted octanol–water partition coefficient (Wildman–Crippen LogP) is 3.82. The quantitative estimate of drug-likeness (QED) is 0.659. The van der Waals surface area contributed by atoms with Crippen molar-refractivity contribution < 1.29 is 19.2 Å². The van der Waals surface area contributed by atoms with Gasteiger partial charge in [0, 0.05) is 5.56 Å². The number of anilines is 1. The number of carbonyl (C=O) groups is 2. The van der Waals surface area contributed by atoms with Crippen molar-refractivity contribution >= 4 is 23.3 Å². The summed E-state index contributed by atoms with van der Waals surface area (Å²) in [6.45, 7) is 7.61. The molecule has 0 aliphatic carbocycles. The maximum atomic E-state index is 12.0.